The molecule has 0 saturated heterocycles. The Morgan fingerprint density at radius 1 is 1.56 bits per heavy atom. The highest BCUT2D eigenvalue weighted by atomic mass is 19.1. The smallest absolute Gasteiger partial charge is 0.244 e. The number of rotatable bonds is 5. The second kappa shape index (κ2) is 6.13. The molecular weight excluding hydrogens is 237 g/mol. The van der Waals surface area contributed by atoms with Gasteiger partial charge >= 0.3 is 0 Å². The van der Waals surface area contributed by atoms with Crippen LogP contribution in [0.5, 0.6) is 0 Å². The Morgan fingerprint density at radius 3 is 2.72 bits per heavy atom. The Hall–Kier alpha value is -1.92. The number of nitrogens with zero attached hydrogens (tertiary/aromatic N) is 3. The summed E-state index contributed by atoms with van der Waals surface area (Å²) in [6, 6.07) is -0.575. The summed E-state index contributed by atoms with van der Waals surface area (Å²) >= 11 is 0. The van der Waals surface area contributed by atoms with Crippen molar-refractivity contribution in [1.29, 1.82) is 0 Å². The SMILES string of the molecule is CCN(CC)C(=O)C(C)Nc1nc(N)ncc1F. The first-order valence-corrected chi connectivity index (χ1v) is 5.82. The molecule has 18 heavy (non-hydrogen) atoms. The number of amides is 1. The molecule has 1 heterocycles. The van der Waals surface area contributed by atoms with Crippen molar-refractivity contribution in [3.8, 4) is 0 Å². The van der Waals surface area contributed by atoms with Crippen molar-refractivity contribution in [1.82, 2.24) is 14.9 Å². The lowest BCUT2D eigenvalue weighted by Crippen LogP contribution is -2.41. The number of nitrogens with two attached hydrogens (primary N) is 1. The maximum Gasteiger partial charge on any atom is 0.244 e. The molecule has 1 atom stereocenters. The van der Waals surface area contributed by atoms with E-state index in [1.165, 1.54) is 0 Å². The van der Waals surface area contributed by atoms with Crippen LogP contribution in [0.3, 0.4) is 0 Å². The zero-order valence-electron chi connectivity index (χ0n) is 10.8. The van der Waals surface area contributed by atoms with Crippen LogP contribution < -0.4 is 11.1 Å². The molecule has 1 amide bonds. The Bertz CT molecular complexity index is 422. The normalized spacial score (nSPS) is 12.0. The molecule has 7 heteroatoms. The molecule has 1 unspecified atom stereocenters. The summed E-state index contributed by atoms with van der Waals surface area (Å²) in [5, 5.41) is 2.70. The Kier molecular flexibility index (Phi) is 4.82. The Morgan fingerprint density at radius 2 is 2.17 bits per heavy atom. The van der Waals surface area contributed by atoms with Gasteiger partial charge in [-0.25, -0.2) is 9.37 Å². The first-order chi connectivity index (χ1) is 8.49. The summed E-state index contributed by atoms with van der Waals surface area (Å²) < 4.78 is 13.4. The molecule has 3 N–H and O–H groups in total. The lowest BCUT2D eigenvalue weighted by atomic mass is 10.2. The van der Waals surface area contributed by atoms with Crippen molar-refractivity contribution in [2.24, 2.45) is 0 Å². The number of aromatic nitrogens is 2. The standard InChI is InChI=1S/C11H18FN5O/c1-4-17(5-2)10(18)7(3)15-9-8(12)6-14-11(13)16-9/h6-7H,4-5H2,1-3H3,(H3,13,14,15,16). The van der Waals surface area contributed by atoms with Gasteiger partial charge in [-0.05, 0) is 20.8 Å². The summed E-state index contributed by atoms with van der Waals surface area (Å²) in [7, 11) is 0. The number of nitrogens with one attached hydrogen (secondary N) is 1. The molecule has 100 valence electrons. The Labute approximate surface area is 105 Å². The maximum atomic E-state index is 13.4. The number of carbonyl (C=O) groups is 1. The van der Waals surface area contributed by atoms with Crippen molar-refractivity contribution in [2.75, 3.05) is 24.1 Å². The van der Waals surface area contributed by atoms with Gasteiger partial charge in [-0.3, -0.25) is 4.79 Å². The highest BCUT2D eigenvalue weighted by Crippen LogP contribution is 2.12. The van der Waals surface area contributed by atoms with Crippen LogP contribution in [0.25, 0.3) is 0 Å². The fraction of sp³-hybridized carbons (Fsp3) is 0.545. The van der Waals surface area contributed by atoms with E-state index in [9.17, 15) is 9.18 Å². The number of hydrogen-bond acceptors (Lipinski definition) is 5. The molecule has 0 bridgehead atoms. The predicted octanol–water partition coefficient (Wildman–Crippen LogP) is 0.867. The molecule has 1 aromatic heterocycles. The van der Waals surface area contributed by atoms with Crippen LogP contribution in [0, 0.1) is 5.82 Å². The van der Waals surface area contributed by atoms with Crippen molar-refractivity contribution in [2.45, 2.75) is 26.8 Å². The number of nitrogen functional groups attached to an aromatic ring is 1. The van der Waals surface area contributed by atoms with Gasteiger partial charge in [0, 0.05) is 13.1 Å². The van der Waals surface area contributed by atoms with E-state index in [-0.39, 0.29) is 17.7 Å². The van der Waals surface area contributed by atoms with Crippen LogP contribution in [0.15, 0.2) is 6.20 Å². The molecule has 1 rings (SSSR count). The summed E-state index contributed by atoms with van der Waals surface area (Å²) in [5.74, 6) is -0.850. The summed E-state index contributed by atoms with van der Waals surface area (Å²) in [5.41, 5.74) is 5.37. The third kappa shape index (κ3) is 3.28. The summed E-state index contributed by atoms with van der Waals surface area (Å²) in [6.45, 7) is 6.64. The molecule has 0 aliphatic carbocycles. The zero-order chi connectivity index (χ0) is 13.7. The second-order valence-electron chi connectivity index (χ2n) is 3.80. The van der Waals surface area contributed by atoms with Gasteiger partial charge in [-0.2, -0.15) is 4.98 Å². The number of likely N-dealkylation sites (N-methyl/N-ethyl adjacent to an activating group) is 1. The van der Waals surface area contributed by atoms with Crippen LogP contribution in [0.4, 0.5) is 16.2 Å². The monoisotopic (exact) mass is 255 g/mol. The predicted molar refractivity (Wildman–Crippen MR) is 67.4 cm³/mol. The van der Waals surface area contributed by atoms with Crippen molar-refractivity contribution in [3.05, 3.63) is 12.0 Å². The minimum absolute atomic E-state index is 0.0404. The first-order valence-electron chi connectivity index (χ1n) is 5.82. The zero-order valence-corrected chi connectivity index (χ0v) is 10.8. The molecule has 0 saturated carbocycles. The highest BCUT2D eigenvalue weighted by Gasteiger charge is 2.19. The molecule has 6 nitrogen and oxygen atoms in total. The first kappa shape index (κ1) is 14.1. The van der Waals surface area contributed by atoms with Crippen LogP contribution >= 0.6 is 0 Å². The molecule has 0 aliphatic heterocycles. The second-order valence-corrected chi connectivity index (χ2v) is 3.80. The van der Waals surface area contributed by atoms with Gasteiger partial charge in [0.2, 0.25) is 11.9 Å². The third-order valence-electron chi connectivity index (χ3n) is 2.56. The van der Waals surface area contributed by atoms with Gasteiger partial charge in [-0.15, -0.1) is 0 Å². The number of halogens is 1. The minimum Gasteiger partial charge on any atom is -0.368 e. The van der Waals surface area contributed by atoms with Crippen molar-refractivity contribution < 1.29 is 9.18 Å². The molecule has 1 aromatic rings. The molecule has 0 aliphatic rings. The average Bonchev–Trinajstić information content (AvgIpc) is 2.35. The topological polar surface area (TPSA) is 84.1 Å². The lowest BCUT2D eigenvalue weighted by Gasteiger charge is -2.23. The Balaban J connectivity index is 2.77. The quantitative estimate of drug-likeness (QED) is 0.815. The molecule has 0 fully saturated rings. The minimum atomic E-state index is -0.636. The van der Waals surface area contributed by atoms with Gasteiger partial charge in [0.05, 0.1) is 6.20 Å². The van der Waals surface area contributed by atoms with Crippen molar-refractivity contribution in [3.63, 3.8) is 0 Å². The van der Waals surface area contributed by atoms with Crippen LogP contribution in [-0.4, -0.2) is 39.9 Å². The summed E-state index contributed by atoms with van der Waals surface area (Å²) in [6.07, 6.45) is 0.972. The van der Waals surface area contributed by atoms with Crippen LogP contribution in [-0.2, 0) is 4.79 Å². The van der Waals surface area contributed by atoms with Crippen molar-refractivity contribution >= 4 is 17.7 Å². The molecule has 0 aromatic carbocycles. The van der Waals surface area contributed by atoms with Crippen LogP contribution in [0.1, 0.15) is 20.8 Å². The van der Waals surface area contributed by atoms with Gasteiger partial charge < -0.3 is 16.0 Å². The largest absolute Gasteiger partial charge is 0.368 e. The number of anilines is 2. The number of carbonyl (C=O) groups excluding carboxylic acids is 1. The average molecular weight is 255 g/mol. The van der Waals surface area contributed by atoms with Gasteiger partial charge in [0.25, 0.3) is 0 Å². The lowest BCUT2D eigenvalue weighted by molar-refractivity contribution is -0.131. The van der Waals surface area contributed by atoms with Gasteiger partial charge in [0.1, 0.15) is 6.04 Å². The fourth-order valence-corrected chi connectivity index (χ4v) is 1.56. The van der Waals surface area contributed by atoms with Gasteiger partial charge in [-0.1, -0.05) is 0 Å². The van der Waals surface area contributed by atoms with E-state index in [1.807, 2.05) is 13.8 Å². The molecule has 0 spiro atoms. The fourth-order valence-electron chi connectivity index (χ4n) is 1.56. The van der Waals surface area contributed by atoms with E-state index in [2.05, 4.69) is 15.3 Å². The van der Waals surface area contributed by atoms with E-state index in [4.69, 9.17) is 5.73 Å². The maximum absolute atomic E-state index is 13.4. The third-order valence-corrected chi connectivity index (χ3v) is 2.56. The van der Waals surface area contributed by atoms with E-state index >= 15 is 0 Å². The summed E-state index contributed by atoms with van der Waals surface area (Å²) in [4.78, 5) is 20.9. The molecule has 0 radical (unpaired) electrons. The van der Waals surface area contributed by atoms with Gasteiger partial charge in [0.15, 0.2) is 11.6 Å². The number of hydrogen-bond donors (Lipinski definition) is 2. The highest BCUT2D eigenvalue weighted by molar-refractivity contribution is 5.84. The van der Waals surface area contributed by atoms with E-state index in [0.29, 0.717) is 13.1 Å². The van der Waals surface area contributed by atoms with Crippen LogP contribution in [0.2, 0.25) is 0 Å². The molecular formula is C11H18FN5O. The van der Waals surface area contributed by atoms with E-state index in [1.54, 1.807) is 11.8 Å². The van der Waals surface area contributed by atoms with E-state index < -0.39 is 11.9 Å². The van der Waals surface area contributed by atoms with E-state index in [0.717, 1.165) is 6.20 Å².